The molecule has 7 heteroatoms. The zero-order valence-electron chi connectivity index (χ0n) is 15.3. The summed E-state index contributed by atoms with van der Waals surface area (Å²) >= 11 is 1.56. The Morgan fingerprint density at radius 3 is 2.73 bits per heavy atom. The van der Waals surface area contributed by atoms with Gasteiger partial charge in [0.15, 0.2) is 11.5 Å². The molecule has 0 bridgehead atoms. The lowest BCUT2D eigenvalue weighted by molar-refractivity contribution is -0.119. The largest absolute Gasteiger partial charge is 0.486 e. The normalized spacial score (nSPS) is 14.1. The van der Waals surface area contributed by atoms with Gasteiger partial charge in [-0.15, -0.1) is 11.8 Å². The Morgan fingerprint density at radius 2 is 2.04 bits per heavy atom. The molecule has 26 heavy (non-hydrogen) atoms. The van der Waals surface area contributed by atoms with Crippen LogP contribution in [0.25, 0.3) is 0 Å². The van der Waals surface area contributed by atoms with Crippen LogP contribution in [0, 0.1) is 13.8 Å². The molecule has 0 saturated heterocycles. The van der Waals surface area contributed by atoms with E-state index in [4.69, 9.17) is 14.0 Å². The zero-order valence-corrected chi connectivity index (χ0v) is 16.1. The highest BCUT2D eigenvalue weighted by Crippen LogP contribution is 2.33. The Morgan fingerprint density at radius 1 is 1.27 bits per heavy atom. The van der Waals surface area contributed by atoms with Crippen LogP contribution in [0.5, 0.6) is 11.5 Å². The lowest BCUT2D eigenvalue weighted by Gasteiger charge is -2.22. The molecule has 0 radical (unpaired) electrons. The molecule has 1 N–H and O–H groups in total. The van der Waals surface area contributed by atoms with Crippen LogP contribution in [0.4, 0.5) is 0 Å². The van der Waals surface area contributed by atoms with Crippen LogP contribution in [-0.4, -0.2) is 30.0 Å². The van der Waals surface area contributed by atoms with E-state index in [2.05, 4.69) is 17.4 Å². The van der Waals surface area contributed by atoms with Crippen LogP contribution in [0.2, 0.25) is 0 Å². The molecule has 140 valence electrons. The predicted molar refractivity (Wildman–Crippen MR) is 101 cm³/mol. The van der Waals surface area contributed by atoms with E-state index >= 15 is 0 Å². The number of aryl methyl sites for hydroxylation is 2. The van der Waals surface area contributed by atoms with Gasteiger partial charge >= 0.3 is 0 Å². The van der Waals surface area contributed by atoms with Crippen LogP contribution in [0.1, 0.15) is 42.0 Å². The van der Waals surface area contributed by atoms with E-state index in [9.17, 15) is 4.79 Å². The minimum Gasteiger partial charge on any atom is -0.486 e. The summed E-state index contributed by atoms with van der Waals surface area (Å²) in [6.45, 7) is 6.99. The summed E-state index contributed by atoms with van der Waals surface area (Å²) in [5.41, 5.74) is 2.99. The monoisotopic (exact) mass is 376 g/mol. The molecule has 1 atom stereocenters. The third-order valence-corrected chi connectivity index (χ3v) is 5.33. The fourth-order valence-corrected chi connectivity index (χ4v) is 3.87. The number of amides is 1. The van der Waals surface area contributed by atoms with E-state index < -0.39 is 0 Å². The summed E-state index contributed by atoms with van der Waals surface area (Å²) in [6, 6.07) is 5.81. The van der Waals surface area contributed by atoms with E-state index in [-0.39, 0.29) is 11.9 Å². The van der Waals surface area contributed by atoms with Crippen molar-refractivity contribution in [1.29, 1.82) is 0 Å². The van der Waals surface area contributed by atoms with Gasteiger partial charge in [-0.2, -0.15) is 0 Å². The number of ether oxygens (including phenoxy) is 2. The molecule has 6 nitrogen and oxygen atoms in total. The summed E-state index contributed by atoms with van der Waals surface area (Å²) in [5.74, 6) is 3.45. The second-order valence-electron chi connectivity index (χ2n) is 6.23. The molecule has 0 spiro atoms. The van der Waals surface area contributed by atoms with Crippen molar-refractivity contribution >= 4 is 17.7 Å². The average molecular weight is 376 g/mol. The molecule has 0 fully saturated rings. The minimum absolute atomic E-state index is 0.0171. The van der Waals surface area contributed by atoms with Crippen molar-refractivity contribution in [1.82, 2.24) is 10.5 Å². The second-order valence-corrected chi connectivity index (χ2v) is 7.21. The highest BCUT2D eigenvalue weighted by Gasteiger charge is 2.18. The molecule has 1 aromatic heterocycles. The molecular formula is C19H24N2O4S. The minimum atomic E-state index is -0.0435. The lowest BCUT2D eigenvalue weighted by atomic mass is 10.0. The molecule has 2 aromatic rings. The Balaban J connectivity index is 1.55. The van der Waals surface area contributed by atoms with Crippen LogP contribution in [0.15, 0.2) is 22.7 Å². The van der Waals surface area contributed by atoms with Gasteiger partial charge in [-0.25, -0.2) is 0 Å². The van der Waals surface area contributed by atoms with E-state index in [0.29, 0.717) is 19.0 Å². The molecule has 1 amide bonds. The number of carbonyl (C=O) groups excluding carboxylic acids is 1. The quantitative estimate of drug-likeness (QED) is 0.796. The first-order valence-corrected chi connectivity index (χ1v) is 9.92. The highest BCUT2D eigenvalue weighted by atomic mass is 32.2. The Kier molecular flexibility index (Phi) is 6.08. The van der Waals surface area contributed by atoms with Crippen LogP contribution in [-0.2, 0) is 10.5 Å². The summed E-state index contributed by atoms with van der Waals surface area (Å²) < 4.78 is 16.3. The van der Waals surface area contributed by atoms with Gasteiger partial charge in [0, 0.05) is 11.3 Å². The van der Waals surface area contributed by atoms with Gasteiger partial charge < -0.3 is 19.3 Å². The van der Waals surface area contributed by atoms with Crippen molar-refractivity contribution in [2.24, 2.45) is 0 Å². The topological polar surface area (TPSA) is 73.6 Å². The smallest absolute Gasteiger partial charge is 0.230 e. The first-order chi connectivity index (χ1) is 12.6. The Bertz CT molecular complexity index is 755. The number of nitrogens with one attached hydrogen (secondary N) is 1. The summed E-state index contributed by atoms with van der Waals surface area (Å²) in [4.78, 5) is 12.3. The number of hydrogen-bond acceptors (Lipinski definition) is 6. The van der Waals surface area contributed by atoms with Crippen molar-refractivity contribution in [3.05, 3.63) is 40.8 Å². The van der Waals surface area contributed by atoms with Gasteiger partial charge in [0.25, 0.3) is 0 Å². The second kappa shape index (κ2) is 8.49. The third-order valence-electron chi connectivity index (χ3n) is 4.37. The van der Waals surface area contributed by atoms with Gasteiger partial charge in [0.05, 0.1) is 17.5 Å². The summed E-state index contributed by atoms with van der Waals surface area (Å²) in [6.07, 6.45) is 0.805. The molecule has 0 aliphatic carbocycles. The number of fused-ring (bicyclic) bond motifs is 1. The van der Waals surface area contributed by atoms with Crippen LogP contribution >= 0.6 is 11.8 Å². The third kappa shape index (κ3) is 4.33. The van der Waals surface area contributed by atoms with Gasteiger partial charge in [0.1, 0.15) is 19.0 Å². The van der Waals surface area contributed by atoms with Gasteiger partial charge in [-0.05, 0) is 38.0 Å². The van der Waals surface area contributed by atoms with Crippen molar-refractivity contribution < 1.29 is 18.8 Å². The molecule has 1 aromatic carbocycles. The first-order valence-electron chi connectivity index (χ1n) is 8.77. The van der Waals surface area contributed by atoms with Crippen molar-refractivity contribution in [2.75, 3.05) is 19.0 Å². The number of carbonyl (C=O) groups is 1. The molecule has 0 saturated carbocycles. The molecule has 3 rings (SSSR count). The maximum Gasteiger partial charge on any atom is 0.230 e. The first kappa shape index (κ1) is 18.6. The number of benzene rings is 1. The summed E-state index contributed by atoms with van der Waals surface area (Å²) in [7, 11) is 0. The number of rotatable bonds is 7. The fourth-order valence-electron chi connectivity index (χ4n) is 2.89. The standard InChI is InChI=1S/C19H24N2O4S/c1-4-16(14-5-6-17-18(9-14)24-8-7-23-17)20-19(22)11-26-10-15-12(2)21-25-13(15)3/h5-6,9,16H,4,7-8,10-11H2,1-3H3,(H,20,22). The zero-order chi connectivity index (χ0) is 18.5. The van der Waals surface area contributed by atoms with Gasteiger partial charge in [0.2, 0.25) is 5.91 Å². The predicted octanol–water partition coefficient (Wildman–Crippen LogP) is 3.56. The summed E-state index contributed by atoms with van der Waals surface area (Å²) in [5, 5.41) is 7.04. The maximum absolute atomic E-state index is 12.3. The fraction of sp³-hybridized carbons (Fsp3) is 0.474. The Hall–Kier alpha value is -2.15. The van der Waals surface area contributed by atoms with Crippen molar-refractivity contribution in [2.45, 2.75) is 39.0 Å². The van der Waals surface area contributed by atoms with Crippen molar-refractivity contribution in [3.63, 3.8) is 0 Å². The van der Waals surface area contributed by atoms with E-state index in [0.717, 1.165) is 46.3 Å². The number of nitrogens with zero attached hydrogens (tertiary/aromatic N) is 1. The van der Waals surface area contributed by atoms with Crippen molar-refractivity contribution in [3.8, 4) is 11.5 Å². The van der Waals surface area contributed by atoms with E-state index in [1.165, 1.54) is 0 Å². The van der Waals surface area contributed by atoms with Crippen LogP contribution in [0.3, 0.4) is 0 Å². The number of thioether (sulfide) groups is 1. The molecule has 1 unspecified atom stereocenters. The Labute approximate surface area is 157 Å². The number of hydrogen-bond donors (Lipinski definition) is 1. The highest BCUT2D eigenvalue weighted by molar-refractivity contribution is 7.99. The number of aromatic nitrogens is 1. The van der Waals surface area contributed by atoms with E-state index in [1.54, 1.807) is 11.8 Å². The van der Waals surface area contributed by atoms with Gasteiger partial charge in [-0.1, -0.05) is 18.1 Å². The average Bonchev–Trinajstić information content (AvgIpc) is 2.97. The van der Waals surface area contributed by atoms with E-state index in [1.807, 2.05) is 32.0 Å². The van der Waals surface area contributed by atoms with Gasteiger partial charge in [-0.3, -0.25) is 4.79 Å². The van der Waals surface area contributed by atoms with Crippen LogP contribution < -0.4 is 14.8 Å². The molecule has 2 heterocycles. The maximum atomic E-state index is 12.3. The lowest BCUT2D eigenvalue weighted by Crippen LogP contribution is -2.29. The molecule has 1 aliphatic heterocycles. The molecular weight excluding hydrogens is 352 g/mol. The SMILES string of the molecule is CCC(NC(=O)CSCc1c(C)noc1C)c1ccc2c(c1)OCCO2. The molecule has 1 aliphatic rings.